The van der Waals surface area contributed by atoms with Gasteiger partial charge in [-0.1, -0.05) is 6.92 Å². The third-order valence-electron chi connectivity index (χ3n) is 2.04. The number of aliphatic hydroxyl groups excluding tert-OH is 1. The van der Waals surface area contributed by atoms with Crippen LogP contribution in [-0.2, 0) is 11.2 Å². The molecular weight excluding hydrogens is 180 g/mol. The van der Waals surface area contributed by atoms with E-state index in [4.69, 9.17) is 4.74 Å². The standard InChI is InChI=1S/C10H16N2O2/c1-4-9-8(10(13)6-14-3)5-7(2)11-12-9/h5,10,13H,4,6H2,1-3H3. The molecule has 1 heterocycles. The molecule has 0 aliphatic carbocycles. The summed E-state index contributed by atoms with van der Waals surface area (Å²) in [5, 5.41) is 17.7. The molecule has 4 nitrogen and oxygen atoms in total. The number of aliphatic hydroxyl groups is 1. The minimum absolute atomic E-state index is 0.290. The molecule has 0 bridgehead atoms. The highest BCUT2D eigenvalue weighted by Crippen LogP contribution is 2.17. The number of hydrogen-bond acceptors (Lipinski definition) is 4. The zero-order valence-corrected chi connectivity index (χ0v) is 8.82. The summed E-state index contributed by atoms with van der Waals surface area (Å²) in [5.41, 5.74) is 2.47. The number of aromatic nitrogens is 2. The van der Waals surface area contributed by atoms with Crippen molar-refractivity contribution in [3.8, 4) is 0 Å². The Morgan fingerprint density at radius 2 is 2.21 bits per heavy atom. The van der Waals surface area contributed by atoms with Gasteiger partial charge in [-0.25, -0.2) is 0 Å². The van der Waals surface area contributed by atoms with Gasteiger partial charge in [0.25, 0.3) is 0 Å². The fourth-order valence-electron chi connectivity index (χ4n) is 1.35. The number of methoxy groups -OCH3 is 1. The number of aryl methyl sites for hydroxylation is 2. The minimum atomic E-state index is -0.607. The monoisotopic (exact) mass is 196 g/mol. The zero-order chi connectivity index (χ0) is 10.6. The topological polar surface area (TPSA) is 55.2 Å². The Bertz CT molecular complexity index is 302. The van der Waals surface area contributed by atoms with Crippen LogP contribution in [0.25, 0.3) is 0 Å². The van der Waals surface area contributed by atoms with Gasteiger partial charge in [-0.3, -0.25) is 0 Å². The molecule has 0 aliphatic rings. The molecule has 0 radical (unpaired) electrons. The summed E-state index contributed by atoms with van der Waals surface area (Å²) in [4.78, 5) is 0. The Labute approximate surface area is 83.9 Å². The second kappa shape index (κ2) is 5.02. The molecule has 4 heteroatoms. The lowest BCUT2D eigenvalue weighted by Crippen LogP contribution is -2.10. The molecule has 0 amide bonds. The van der Waals surface area contributed by atoms with E-state index < -0.39 is 6.10 Å². The van der Waals surface area contributed by atoms with Crippen molar-refractivity contribution in [2.45, 2.75) is 26.4 Å². The lowest BCUT2D eigenvalue weighted by Gasteiger charge is -2.12. The van der Waals surface area contributed by atoms with E-state index in [0.29, 0.717) is 0 Å². The van der Waals surface area contributed by atoms with Crippen molar-refractivity contribution in [3.05, 3.63) is 23.0 Å². The highest BCUT2D eigenvalue weighted by atomic mass is 16.5. The first-order chi connectivity index (χ1) is 6.69. The molecule has 78 valence electrons. The number of rotatable bonds is 4. The molecule has 1 aromatic rings. The molecule has 1 N–H and O–H groups in total. The fraction of sp³-hybridized carbons (Fsp3) is 0.600. The Morgan fingerprint density at radius 1 is 1.50 bits per heavy atom. The van der Waals surface area contributed by atoms with Crippen LogP contribution in [0.15, 0.2) is 6.07 Å². The number of nitrogens with zero attached hydrogens (tertiary/aromatic N) is 2. The molecule has 14 heavy (non-hydrogen) atoms. The van der Waals surface area contributed by atoms with Gasteiger partial charge in [-0.05, 0) is 19.4 Å². The molecular formula is C10H16N2O2. The quantitative estimate of drug-likeness (QED) is 0.781. The highest BCUT2D eigenvalue weighted by molar-refractivity contribution is 5.23. The van der Waals surface area contributed by atoms with E-state index >= 15 is 0 Å². The van der Waals surface area contributed by atoms with Gasteiger partial charge < -0.3 is 9.84 Å². The van der Waals surface area contributed by atoms with E-state index in [-0.39, 0.29) is 6.61 Å². The second-order valence-corrected chi connectivity index (χ2v) is 3.21. The van der Waals surface area contributed by atoms with E-state index in [1.807, 2.05) is 19.9 Å². The van der Waals surface area contributed by atoms with Crippen LogP contribution in [0, 0.1) is 6.92 Å². The average molecular weight is 196 g/mol. The van der Waals surface area contributed by atoms with Crippen LogP contribution >= 0.6 is 0 Å². The Hall–Kier alpha value is -1.00. The van der Waals surface area contributed by atoms with Crippen LogP contribution in [0.3, 0.4) is 0 Å². The van der Waals surface area contributed by atoms with Crippen molar-refractivity contribution in [1.29, 1.82) is 0 Å². The van der Waals surface area contributed by atoms with Crippen molar-refractivity contribution < 1.29 is 9.84 Å². The molecule has 0 spiro atoms. The first kappa shape index (κ1) is 11.1. The van der Waals surface area contributed by atoms with Crippen molar-refractivity contribution >= 4 is 0 Å². The molecule has 0 saturated heterocycles. The van der Waals surface area contributed by atoms with E-state index in [1.54, 1.807) is 7.11 Å². The van der Waals surface area contributed by atoms with Gasteiger partial charge in [-0.2, -0.15) is 10.2 Å². The molecule has 1 rings (SSSR count). The third kappa shape index (κ3) is 2.49. The summed E-state index contributed by atoms with van der Waals surface area (Å²) in [6, 6.07) is 1.86. The molecule has 1 unspecified atom stereocenters. The smallest absolute Gasteiger partial charge is 0.104 e. The van der Waals surface area contributed by atoms with E-state index in [9.17, 15) is 5.11 Å². The van der Waals surface area contributed by atoms with Crippen molar-refractivity contribution in [2.24, 2.45) is 0 Å². The Balaban J connectivity index is 2.97. The lowest BCUT2D eigenvalue weighted by atomic mass is 10.1. The van der Waals surface area contributed by atoms with Gasteiger partial charge in [0.1, 0.15) is 6.10 Å². The highest BCUT2D eigenvalue weighted by Gasteiger charge is 2.13. The number of ether oxygens (including phenoxy) is 1. The van der Waals surface area contributed by atoms with Crippen LogP contribution in [0.1, 0.15) is 30.0 Å². The maximum Gasteiger partial charge on any atom is 0.104 e. The zero-order valence-electron chi connectivity index (χ0n) is 8.82. The SMILES string of the molecule is CCc1nnc(C)cc1C(O)COC. The van der Waals surface area contributed by atoms with Crippen molar-refractivity contribution in [2.75, 3.05) is 13.7 Å². The van der Waals surface area contributed by atoms with Gasteiger partial charge in [-0.15, -0.1) is 0 Å². The largest absolute Gasteiger partial charge is 0.386 e. The van der Waals surface area contributed by atoms with Gasteiger partial charge in [0.15, 0.2) is 0 Å². The summed E-state index contributed by atoms with van der Waals surface area (Å²) in [6.07, 6.45) is 0.160. The second-order valence-electron chi connectivity index (χ2n) is 3.21. The molecule has 0 saturated carbocycles. The fourth-order valence-corrected chi connectivity index (χ4v) is 1.35. The average Bonchev–Trinajstić information content (AvgIpc) is 2.18. The molecule has 0 fully saturated rings. The molecule has 0 aromatic carbocycles. The minimum Gasteiger partial charge on any atom is -0.386 e. The molecule has 1 atom stereocenters. The van der Waals surface area contributed by atoms with Gasteiger partial charge >= 0.3 is 0 Å². The lowest BCUT2D eigenvalue weighted by molar-refractivity contribution is 0.0634. The first-order valence-electron chi connectivity index (χ1n) is 4.69. The summed E-state index contributed by atoms with van der Waals surface area (Å²) >= 11 is 0. The van der Waals surface area contributed by atoms with Crippen LogP contribution in [0.4, 0.5) is 0 Å². The van der Waals surface area contributed by atoms with E-state index in [2.05, 4.69) is 10.2 Å². The normalized spacial score (nSPS) is 12.9. The molecule has 0 aliphatic heterocycles. The van der Waals surface area contributed by atoms with E-state index in [1.165, 1.54) is 0 Å². The maximum absolute atomic E-state index is 9.76. The molecule has 1 aromatic heterocycles. The summed E-state index contributed by atoms with van der Waals surface area (Å²) < 4.78 is 4.90. The summed E-state index contributed by atoms with van der Waals surface area (Å²) in [5.74, 6) is 0. The van der Waals surface area contributed by atoms with Crippen LogP contribution < -0.4 is 0 Å². The van der Waals surface area contributed by atoms with E-state index in [0.717, 1.165) is 23.4 Å². The van der Waals surface area contributed by atoms with Gasteiger partial charge in [0.2, 0.25) is 0 Å². The van der Waals surface area contributed by atoms with Crippen LogP contribution in [0.5, 0.6) is 0 Å². The number of hydrogen-bond donors (Lipinski definition) is 1. The van der Waals surface area contributed by atoms with Crippen molar-refractivity contribution in [1.82, 2.24) is 10.2 Å². The van der Waals surface area contributed by atoms with Crippen LogP contribution in [-0.4, -0.2) is 29.0 Å². The van der Waals surface area contributed by atoms with Gasteiger partial charge in [0, 0.05) is 12.7 Å². The Kier molecular flexibility index (Phi) is 3.98. The predicted octanol–water partition coefficient (Wildman–Crippen LogP) is 1.03. The van der Waals surface area contributed by atoms with Crippen LogP contribution in [0.2, 0.25) is 0 Å². The van der Waals surface area contributed by atoms with Gasteiger partial charge in [0.05, 0.1) is 18.0 Å². The predicted molar refractivity (Wildman–Crippen MR) is 53.0 cm³/mol. The summed E-state index contributed by atoms with van der Waals surface area (Å²) in [6.45, 7) is 4.13. The Morgan fingerprint density at radius 3 is 2.79 bits per heavy atom. The third-order valence-corrected chi connectivity index (χ3v) is 2.04. The first-order valence-corrected chi connectivity index (χ1v) is 4.69. The summed E-state index contributed by atoms with van der Waals surface area (Å²) in [7, 11) is 1.57. The van der Waals surface area contributed by atoms with Crippen molar-refractivity contribution in [3.63, 3.8) is 0 Å². The maximum atomic E-state index is 9.76.